The molecule has 0 aliphatic carbocycles. The normalized spacial score (nSPS) is 17.6. The Bertz CT molecular complexity index is 1270. The van der Waals surface area contributed by atoms with Gasteiger partial charge in [-0.2, -0.15) is 17.5 Å². The topological polar surface area (TPSA) is 118 Å². The minimum absolute atomic E-state index is 0.0462. The average molecular weight is 522 g/mol. The zero-order valence-electron chi connectivity index (χ0n) is 17.9. The van der Waals surface area contributed by atoms with Crippen molar-refractivity contribution in [3.8, 4) is 5.75 Å². The van der Waals surface area contributed by atoms with Gasteiger partial charge in [0.05, 0.1) is 21.1 Å². The Morgan fingerprint density at radius 1 is 1.09 bits per heavy atom. The van der Waals surface area contributed by atoms with Crippen LogP contribution in [0.5, 0.6) is 5.75 Å². The van der Waals surface area contributed by atoms with Crippen molar-refractivity contribution >= 4 is 25.8 Å². The van der Waals surface area contributed by atoms with Crippen LogP contribution in [0.15, 0.2) is 52.3 Å². The molecule has 1 N–H and O–H groups in total. The molecule has 0 spiro atoms. The lowest BCUT2D eigenvalue weighted by Crippen LogP contribution is -2.39. The van der Waals surface area contributed by atoms with Crippen molar-refractivity contribution < 1.29 is 44.6 Å². The number of hydrogen-bond acceptors (Lipinski definition) is 6. The summed E-state index contributed by atoms with van der Waals surface area (Å²) in [5.41, 5.74) is -0.596. The van der Waals surface area contributed by atoms with E-state index in [1.807, 2.05) is 0 Å². The minimum Gasteiger partial charge on any atom is -0.482 e. The van der Waals surface area contributed by atoms with Crippen LogP contribution in [0.1, 0.15) is 24.0 Å². The monoisotopic (exact) mass is 521 g/mol. The third-order valence-electron chi connectivity index (χ3n) is 5.38. The number of carbonyl (C=O) groups is 1. The third-order valence-corrected chi connectivity index (χ3v) is 9.14. The van der Waals surface area contributed by atoms with E-state index in [1.165, 1.54) is 18.2 Å². The molecule has 0 amide bonds. The van der Waals surface area contributed by atoms with Gasteiger partial charge in [0.2, 0.25) is 10.0 Å². The molecule has 1 fully saturated rings. The quantitative estimate of drug-likeness (QED) is 0.567. The predicted molar refractivity (Wildman–Crippen MR) is 115 cm³/mol. The van der Waals surface area contributed by atoms with Crippen LogP contribution in [-0.2, 0) is 30.8 Å². The maximum Gasteiger partial charge on any atom is 0.416 e. The Morgan fingerprint density at radius 3 is 2.26 bits per heavy atom. The number of halogens is 3. The van der Waals surface area contributed by atoms with Crippen molar-refractivity contribution in [2.45, 2.75) is 41.8 Å². The van der Waals surface area contributed by atoms with E-state index >= 15 is 0 Å². The van der Waals surface area contributed by atoms with Crippen molar-refractivity contribution in [1.29, 1.82) is 0 Å². The molecule has 1 heterocycles. The molecule has 2 aromatic rings. The highest BCUT2D eigenvalue weighted by atomic mass is 32.2. The zero-order chi connectivity index (χ0) is 25.3. The van der Waals surface area contributed by atoms with E-state index in [9.17, 15) is 34.8 Å². The fraction of sp³-hybridized carbons (Fsp3) is 0.381. The van der Waals surface area contributed by atoms with Crippen molar-refractivity contribution in [2.24, 2.45) is 0 Å². The number of aryl methyl sites for hydroxylation is 1. The lowest BCUT2D eigenvalue weighted by Gasteiger charge is -2.24. The predicted octanol–water partition coefficient (Wildman–Crippen LogP) is 3.10. The summed E-state index contributed by atoms with van der Waals surface area (Å²) in [5, 5.41) is 8.71. The van der Waals surface area contributed by atoms with Crippen LogP contribution < -0.4 is 4.74 Å². The van der Waals surface area contributed by atoms with E-state index in [1.54, 1.807) is 6.92 Å². The minimum atomic E-state index is -4.61. The molecule has 0 radical (unpaired) electrons. The van der Waals surface area contributed by atoms with E-state index in [2.05, 4.69) is 0 Å². The van der Waals surface area contributed by atoms with Gasteiger partial charge >= 0.3 is 12.1 Å². The summed E-state index contributed by atoms with van der Waals surface area (Å²) in [5.74, 6) is -1.50. The Hall–Kier alpha value is -2.64. The highest BCUT2D eigenvalue weighted by Crippen LogP contribution is 2.32. The molecule has 1 aliphatic heterocycles. The van der Waals surface area contributed by atoms with Gasteiger partial charge in [0.15, 0.2) is 16.4 Å². The number of nitrogens with zero attached hydrogens (tertiary/aromatic N) is 1. The second-order valence-electron chi connectivity index (χ2n) is 7.83. The molecule has 1 saturated heterocycles. The molecule has 13 heteroatoms. The van der Waals surface area contributed by atoms with Gasteiger partial charge in [-0.25, -0.2) is 21.6 Å². The Morgan fingerprint density at radius 2 is 1.71 bits per heavy atom. The summed E-state index contributed by atoms with van der Waals surface area (Å²) < 4.78 is 96.6. The van der Waals surface area contributed by atoms with Gasteiger partial charge < -0.3 is 9.84 Å². The number of carboxylic acids is 1. The van der Waals surface area contributed by atoms with Gasteiger partial charge in [0.25, 0.3) is 0 Å². The number of alkyl halides is 3. The molecule has 1 atom stereocenters. The number of aliphatic carboxylic acids is 1. The van der Waals surface area contributed by atoms with Crippen LogP contribution in [0.2, 0.25) is 0 Å². The Labute approximate surface area is 194 Å². The van der Waals surface area contributed by atoms with Crippen LogP contribution in [-0.4, -0.2) is 57.2 Å². The first-order valence-electron chi connectivity index (χ1n) is 10.1. The lowest BCUT2D eigenvalue weighted by atomic mass is 10.2. The van der Waals surface area contributed by atoms with E-state index in [4.69, 9.17) is 9.84 Å². The molecular formula is C21H22F3NO7S2. The SMILES string of the molecule is Cc1cc(S(=O)(=O)C[C@@H]2CCCN2S(=O)(=O)c2ccc(C(F)(F)F)cc2)ccc1OCC(=O)O. The summed E-state index contributed by atoms with van der Waals surface area (Å²) >= 11 is 0. The van der Waals surface area contributed by atoms with Crippen molar-refractivity contribution in [3.63, 3.8) is 0 Å². The van der Waals surface area contributed by atoms with Crippen molar-refractivity contribution in [3.05, 3.63) is 53.6 Å². The summed E-state index contributed by atoms with van der Waals surface area (Å²) in [7, 11) is -8.15. The first-order valence-corrected chi connectivity index (χ1v) is 13.2. The van der Waals surface area contributed by atoms with Gasteiger partial charge in [0.1, 0.15) is 5.75 Å². The maximum absolute atomic E-state index is 13.0. The summed E-state index contributed by atoms with van der Waals surface area (Å²) in [6.45, 7) is 1.00. The molecule has 0 saturated carbocycles. The number of sulfone groups is 1. The second-order valence-corrected chi connectivity index (χ2v) is 11.7. The number of carboxylic acid groups (broad SMARTS) is 1. The summed E-state index contributed by atoms with van der Waals surface area (Å²) in [4.78, 5) is 10.2. The first-order chi connectivity index (χ1) is 15.7. The second kappa shape index (κ2) is 9.55. The van der Waals surface area contributed by atoms with E-state index in [-0.39, 0.29) is 28.5 Å². The molecule has 0 bridgehead atoms. The largest absolute Gasteiger partial charge is 0.482 e. The molecule has 3 rings (SSSR count). The fourth-order valence-corrected chi connectivity index (χ4v) is 7.17. The van der Waals surface area contributed by atoms with Crippen molar-refractivity contribution in [2.75, 3.05) is 18.9 Å². The molecule has 34 heavy (non-hydrogen) atoms. The first kappa shape index (κ1) is 26.0. The molecule has 2 aromatic carbocycles. The van der Waals surface area contributed by atoms with Crippen LogP contribution in [0.4, 0.5) is 13.2 Å². The van der Waals surface area contributed by atoms with Gasteiger partial charge in [-0.1, -0.05) is 0 Å². The van der Waals surface area contributed by atoms with Crippen molar-refractivity contribution in [1.82, 2.24) is 4.31 Å². The molecule has 186 valence electrons. The Kier molecular flexibility index (Phi) is 7.29. The fourth-order valence-electron chi connectivity index (χ4n) is 3.71. The lowest BCUT2D eigenvalue weighted by molar-refractivity contribution is -0.139. The third kappa shape index (κ3) is 5.70. The average Bonchev–Trinajstić information content (AvgIpc) is 3.20. The molecule has 0 unspecified atom stereocenters. The van der Waals surface area contributed by atoms with Crippen LogP contribution in [0.25, 0.3) is 0 Å². The van der Waals surface area contributed by atoms with Crippen LogP contribution in [0, 0.1) is 6.92 Å². The summed E-state index contributed by atoms with van der Waals surface area (Å²) in [6.07, 6.45) is -3.93. The van der Waals surface area contributed by atoms with Gasteiger partial charge in [-0.15, -0.1) is 0 Å². The van der Waals surface area contributed by atoms with E-state index < -0.39 is 56.0 Å². The smallest absolute Gasteiger partial charge is 0.416 e. The standard InChI is InChI=1S/C21H22F3NO7S2/c1-14-11-18(8-9-19(14)32-12-20(26)27)33(28,29)13-16-3-2-10-25(16)34(30,31)17-6-4-15(5-7-17)21(22,23)24/h4-9,11,16H,2-3,10,12-13H2,1H3,(H,26,27)/t16-/m0/s1. The Balaban J connectivity index is 1.81. The highest BCUT2D eigenvalue weighted by Gasteiger charge is 2.39. The number of hydrogen-bond donors (Lipinski definition) is 1. The number of rotatable bonds is 8. The van der Waals surface area contributed by atoms with Gasteiger partial charge in [0, 0.05) is 12.6 Å². The number of benzene rings is 2. The number of sulfonamides is 1. The maximum atomic E-state index is 13.0. The highest BCUT2D eigenvalue weighted by molar-refractivity contribution is 7.91. The zero-order valence-corrected chi connectivity index (χ0v) is 19.6. The molecule has 8 nitrogen and oxygen atoms in total. The number of ether oxygens (including phenoxy) is 1. The van der Waals surface area contributed by atoms with Crippen LogP contribution in [0.3, 0.4) is 0 Å². The molecular weight excluding hydrogens is 499 g/mol. The van der Waals surface area contributed by atoms with Gasteiger partial charge in [-0.05, 0) is 67.8 Å². The van der Waals surface area contributed by atoms with E-state index in [0.29, 0.717) is 24.1 Å². The van der Waals surface area contributed by atoms with Crippen LogP contribution >= 0.6 is 0 Å². The summed E-state index contributed by atoms with van der Waals surface area (Å²) in [6, 6.07) is 6.08. The molecule has 0 aromatic heterocycles. The van der Waals surface area contributed by atoms with E-state index in [0.717, 1.165) is 16.4 Å². The molecule has 1 aliphatic rings. The van der Waals surface area contributed by atoms with Gasteiger partial charge in [-0.3, -0.25) is 0 Å².